The van der Waals surface area contributed by atoms with Crippen molar-refractivity contribution < 1.29 is 4.74 Å². The van der Waals surface area contributed by atoms with Gasteiger partial charge in [-0.05, 0) is 17.9 Å². The van der Waals surface area contributed by atoms with Gasteiger partial charge in [-0.25, -0.2) is 0 Å². The van der Waals surface area contributed by atoms with Crippen molar-refractivity contribution in [3.8, 4) is 0 Å². The molecule has 0 radical (unpaired) electrons. The molecule has 0 fully saturated rings. The lowest BCUT2D eigenvalue weighted by Crippen LogP contribution is -2.17. The maximum atomic E-state index is 7.39. The third-order valence-electron chi connectivity index (χ3n) is 2.59. The first-order valence-corrected chi connectivity index (χ1v) is 6.09. The largest absolute Gasteiger partial charge is 0.388 e. The molecule has 0 aliphatic rings. The second kappa shape index (κ2) is 7.07. The molecule has 1 aromatic rings. The number of nitrogens with two attached hydrogens (primary N) is 1. The van der Waals surface area contributed by atoms with Crippen LogP contribution in [0.2, 0.25) is 0 Å². The van der Waals surface area contributed by atoms with E-state index in [1.165, 1.54) is 0 Å². The first kappa shape index (κ1) is 13.7. The molecule has 0 aliphatic heterocycles. The topological polar surface area (TPSA) is 59.1 Å². The van der Waals surface area contributed by atoms with Crippen LogP contribution in [0.15, 0.2) is 30.3 Å². The zero-order valence-electron chi connectivity index (χ0n) is 10.6. The number of benzene rings is 1. The lowest BCUT2D eigenvalue weighted by atomic mass is 10.1. The van der Waals surface area contributed by atoms with E-state index in [0.717, 1.165) is 12.0 Å². The van der Waals surface area contributed by atoms with Crippen LogP contribution in [-0.2, 0) is 4.74 Å². The highest BCUT2D eigenvalue weighted by molar-refractivity contribution is 5.77. The van der Waals surface area contributed by atoms with Crippen LogP contribution < -0.4 is 5.73 Å². The summed E-state index contributed by atoms with van der Waals surface area (Å²) in [5, 5.41) is 7.39. The first-order valence-electron chi connectivity index (χ1n) is 6.09. The van der Waals surface area contributed by atoms with Crippen LogP contribution in [0.25, 0.3) is 0 Å². The first-order chi connectivity index (χ1) is 8.09. The van der Waals surface area contributed by atoms with Gasteiger partial charge in [0, 0.05) is 13.0 Å². The summed E-state index contributed by atoms with van der Waals surface area (Å²) in [5.74, 6) is 0.798. The van der Waals surface area contributed by atoms with Crippen molar-refractivity contribution in [1.82, 2.24) is 0 Å². The summed E-state index contributed by atoms with van der Waals surface area (Å²) in [4.78, 5) is 0. The minimum absolute atomic E-state index is 0.0903. The van der Waals surface area contributed by atoms with E-state index in [2.05, 4.69) is 13.8 Å². The van der Waals surface area contributed by atoms with Crippen molar-refractivity contribution in [1.29, 1.82) is 5.41 Å². The second-order valence-corrected chi connectivity index (χ2v) is 4.68. The fraction of sp³-hybridized carbons (Fsp3) is 0.500. The van der Waals surface area contributed by atoms with Crippen molar-refractivity contribution in [2.24, 2.45) is 11.7 Å². The van der Waals surface area contributed by atoms with Crippen LogP contribution in [0.5, 0.6) is 0 Å². The lowest BCUT2D eigenvalue weighted by molar-refractivity contribution is 0.0503. The zero-order chi connectivity index (χ0) is 12.7. The molecule has 3 heteroatoms. The smallest absolute Gasteiger partial charge is 0.0934 e. The fourth-order valence-corrected chi connectivity index (χ4v) is 1.59. The van der Waals surface area contributed by atoms with E-state index in [4.69, 9.17) is 15.9 Å². The number of ether oxygens (including phenoxy) is 1. The van der Waals surface area contributed by atoms with Gasteiger partial charge in [-0.1, -0.05) is 44.2 Å². The Morgan fingerprint density at radius 2 is 1.94 bits per heavy atom. The molecule has 0 saturated heterocycles. The van der Waals surface area contributed by atoms with E-state index in [0.29, 0.717) is 18.9 Å². The van der Waals surface area contributed by atoms with Gasteiger partial charge in [0.1, 0.15) is 0 Å². The van der Waals surface area contributed by atoms with Gasteiger partial charge in [0.2, 0.25) is 0 Å². The van der Waals surface area contributed by atoms with Gasteiger partial charge in [-0.15, -0.1) is 0 Å². The lowest BCUT2D eigenvalue weighted by Gasteiger charge is -2.18. The maximum Gasteiger partial charge on any atom is 0.0934 e. The molecule has 1 rings (SSSR count). The minimum atomic E-state index is -0.0903. The molecular weight excluding hydrogens is 212 g/mol. The zero-order valence-corrected chi connectivity index (χ0v) is 10.6. The average Bonchev–Trinajstić information content (AvgIpc) is 2.28. The fourth-order valence-electron chi connectivity index (χ4n) is 1.59. The highest BCUT2D eigenvalue weighted by atomic mass is 16.5. The van der Waals surface area contributed by atoms with Gasteiger partial charge in [0.05, 0.1) is 11.9 Å². The van der Waals surface area contributed by atoms with Crippen LogP contribution in [0.1, 0.15) is 38.4 Å². The molecule has 3 nitrogen and oxygen atoms in total. The summed E-state index contributed by atoms with van der Waals surface area (Å²) in [6, 6.07) is 9.97. The Labute approximate surface area is 103 Å². The van der Waals surface area contributed by atoms with Crippen LogP contribution in [0, 0.1) is 11.3 Å². The highest BCUT2D eigenvalue weighted by Gasteiger charge is 2.13. The van der Waals surface area contributed by atoms with Crippen LogP contribution in [0.3, 0.4) is 0 Å². The average molecular weight is 234 g/mol. The van der Waals surface area contributed by atoms with Crippen molar-refractivity contribution in [2.75, 3.05) is 6.61 Å². The Morgan fingerprint density at radius 3 is 2.47 bits per heavy atom. The molecule has 0 aliphatic carbocycles. The van der Waals surface area contributed by atoms with Gasteiger partial charge in [0.15, 0.2) is 0 Å². The SMILES string of the molecule is CC(C)CCOC(CC(=N)N)c1ccccc1. The third kappa shape index (κ3) is 5.50. The maximum absolute atomic E-state index is 7.39. The molecule has 0 heterocycles. The monoisotopic (exact) mass is 234 g/mol. The summed E-state index contributed by atoms with van der Waals surface area (Å²) < 4.78 is 5.83. The van der Waals surface area contributed by atoms with E-state index in [9.17, 15) is 0 Å². The van der Waals surface area contributed by atoms with E-state index in [1.54, 1.807) is 0 Å². The number of amidine groups is 1. The molecule has 0 bridgehead atoms. The minimum Gasteiger partial charge on any atom is -0.388 e. The van der Waals surface area contributed by atoms with Crippen molar-refractivity contribution in [3.05, 3.63) is 35.9 Å². The number of rotatable bonds is 7. The number of hydrogen-bond donors (Lipinski definition) is 2. The van der Waals surface area contributed by atoms with Gasteiger partial charge in [-0.3, -0.25) is 5.41 Å². The summed E-state index contributed by atoms with van der Waals surface area (Å²) in [6.45, 7) is 5.06. The molecule has 3 N–H and O–H groups in total. The Hall–Kier alpha value is -1.35. The third-order valence-corrected chi connectivity index (χ3v) is 2.59. The summed E-state index contributed by atoms with van der Waals surface area (Å²) in [5.41, 5.74) is 6.55. The molecule has 1 atom stereocenters. The quantitative estimate of drug-likeness (QED) is 0.562. The van der Waals surface area contributed by atoms with Crippen LogP contribution in [0.4, 0.5) is 0 Å². The molecule has 1 unspecified atom stereocenters. The van der Waals surface area contributed by atoms with Crippen molar-refractivity contribution >= 4 is 5.84 Å². The predicted molar refractivity (Wildman–Crippen MR) is 71.1 cm³/mol. The molecule has 0 spiro atoms. The van der Waals surface area contributed by atoms with E-state index >= 15 is 0 Å². The van der Waals surface area contributed by atoms with Gasteiger partial charge >= 0.3 is 0 Å². The van der Waals surface area contributed by atoms with E-state index in [1.807, 2.05) is 30.3 Å². The summed E-state index contributed by atoms with van der Waals surface area (Å²) in [7, 11) is 0. The highest BCUT2D eigenvalue weighted by Crippen LogP contribution is 2.21. The molecule has 17 heavy (non-hydrogen) atoms. The summed E-state index contributed by atoms with van der Waals surface area (Å²) >= 11 is 0. The Kier molecular flexibility index (Phi) is 5.70. The van der Waals surface area contributed by atoms with Crippen molar-refractivity contribution in [2.45, 2.75) is 32.8 Å². The van der Waals surface area contributed by atoms with Crippen LogP contribution >= 0.6 is 0 Å². The van der Waals surface area contributed by atoms with Crippen LogP contribution in [-0.4, -0.2) is 12.4 Å². The predicted octanol–water partition coefficient (Wildman–Crippen LogP) is 3.12. The summed E-state index contributed by atoms with van der Waals surface area (Å²) in [6.07, 6.45) is 1.40. The molecule has 0 saturated carbocycles. The Bertz CT molecular complexity index is 335. The molecule has 0 amide bonds. The molecule has 94 valence electrons. The van der Waals surface area contributed by atoms with Gasteiger partial charge in [0.25, 0.3) is 0 Å². The number of nitrogens with one attached hydrogen (secondary N) is 1. The normalized spacial score (nSPS) is 12.6. The molecule has 1 aromatic carbocycles. The Morgan fingerprint density at radius 1 is 1.29 bits per heavy atom. The van der Waals surface area contributed by atoms with Crippen molar-refractivity contribution in [3.63, 3.8) is 0 Å². The molecule has 0 aromatic heterocycles. The van der Waals surface area contributed by atoms with Gasteiger partial charge in [-0.2, -0.15) is 0 Å². The van der Waals surface area contributed by atoms with E-state index in [-0.39, 0.29) is 11.9 Å². The molecular formula is C14H22N2O. The standard InChI is InChI=1S/C14H22N2O/c1-11(2)8-9-17-13(10-14(15)16)12-6-4-3-5-7-12/h3-7,11,13H,8-10H2,1-2H3,(H3,15,16). The number of hydrogen-bond acceptors (Lipinski definition) is 2. The second-order valence-electron chi connectivity index (χ2n) is 4.68. The Balaban J connectivity index is 2.58. The van der Waals surface area contributed by atoms with E-state index < -0.39 is 0 Å². The van der Waals surface area contributed by atoms with Gasteiger partial charge < -0.3 is 10.5 Å².